The van der Waals surface area contributed by atoms with Crippen molar-refractivity contribution in [3.05, 3.63) is 23.7 Å². The maximum Gasteiger partial charge on any atom is 0.129 e. The van der Waals surface area contributed by atoms with Gasteiger partial charge in [0.05, 0.1) is 6.54 Å². The molecule has 3 nitrogen and oxygen atoms in total. The third-order valence-electron chi connectivity index (χ3n) is 2.16. The summed E-state index contributed by atoms with van der Waals surface area (Å²) in [7, 11) is 0. The Morgan fingerprint density at radius 2 is 2.06 bits per heavy atom. The van der Waals surface area contributed by atoms with Crippen molar-refractivity contribution < 1.29 is 9.15 Å². The van der Waals surface area contributed by atoms with Gasteiger partial charge in [-0.15, -0.1) is 0 Å². The first-order valence-electron chi connectivity index (χ1n) is 6.08. The van der Waals surface area contributed by atoms with E-state index in [-0.39, 0.29) is 0 Å². The Balaban J connectivity index is 2.22. The van der Waals surface area contributed by atoms with Crippen molar-refractivity contribution in [3.8, 4) is 0 Å². The summed E-state index contributed by atoms with van der Waals surface area (Å²) in [4.78, 5) is 0. The van der Waals surface area contributed by atoms with Crippen LogP contribution in [-0.4, -0.2) is 13.2 Å². The molecule has 0 radical (unpaired) electrons. The first-order chi connectivity index (χ1) is 7.72. The number of rotatable bonds is 8. The molecule has 1 aromatic rings. The van der Waals surface area contributed by atoms with E-state index in [1.807, 2.05) is 12.1 Å². The van der Waals surface area contributed by atoms with E-state index < -0.39 is 0 Å². The van der Waals surface area contributed by atoms with E-state index in [9.17, 15) is 0 Å². The second kappa shape index (κ2) is 7.47. The zero-order valence-corrected chi connectivity index (χ0v) is 10.6. The Kier molecular flexibility index (Phi) is 6.19. The molecule has 3 heteroatoms. The number of ether oxygens (including phenoxy) is 1. The van der Waals surface area contributed by atoms with Crippen LogP contribution in [0.2, 0.25) is 0 Å². The van der Waals surface area contributed by atoms with E-state index in [1.54, 1.807) is 0 Å². The molecule has 0 aliphatic heterocycles. The molecule has 1 N–H and O–H groups in total. The highest BCUT2D eigenvalue weighted by atomic mass is 16.5. The molecule has 92 valence electrons. The van der Waals surface area contributed by atoms with Gasteiger partial charge in [-0.05, 0) is 31.0 Å². The fourth-order valence-electron chi connectivity index (χ4n) is 1.40. The van der Waals surface area contributed by atoms with Crippen LogP contribution < -0.4 is 5.32 Å². The lowest BCUT2D eigenvalue weighted by Crippen LogP contribution is -2.18. The van der Waals surface area contributed by atoms with E-state index in [0.717, 1.165) is 37.6 Å². The van der Waals surface area contributed by atoms with E-state index in [4.69, 9.17) is 9.15 Å². The predicted octanol–water partition coefficient (Wildman–Crippen LogP) is 2.95. The van der Waals surface area contributed by atoms with Crippen LogP contribution in [0.15, 0.2) is 16.5 Å². The van der Waals surface area contributed by atoms with Crippen LogP contribution >= 0.6 is 0 Å². The van der Waals surface area contributed by atoms with Crippen LogP contribution in [0.5, 0.6) is 0 Å². The molecule has 0 unspecified atom stereocenters. The van der Waals surface area contributed by atoms with Gasteiger partial charge in [-0.2, -0.15) is 0 Å². The minimum Gasteiger partial charge on any atom is -0.462 e. The van der Waals surface area contributed by atoms with Crippen molar-refractivity contribution >= 4 is 0 Å². The minimum atomic E-state index is 0.581. The van der Waals surface area contributed by atoms with Gasteiger partial charge in [0.2, 0.25) is 0 Å². The van der Waals surface area contributed by atoms with Gasteiger partial charge in [0.25, 0.3) is 0 Å². The Morgan fingerprint density at radius 1 is 1.31 bits per heavy atom. The molecule has 1 heterocycles. The van der Waals surface area contributed by atoms with E-state index >= 15 is 0 Å². The van der Waals surface area contributed by atoms with Gasteiger partial charge in [-0.3, -0.25) is 0 Å². The molecule has 0 spiro atoms. The smallest absolute Gasteiger partial charge is 0.129 e. The van der Waals surface area contributed by atoms with Crippen LogP contribution in [0.4, 0.5) is 0 Å². The molecule has 0 aromatic carbocycles. The summed E-state index contributed by atoms with van der Waals surface area (Å²) in [6, 6.07) is 4.00. The van der Waals surface area contributed by atoms with Crippen LogP contribution in [0.25, 0.3) is 0 Å². The van der Waals surface area contributed by atoms with E-state index in [1.165, 1.54) is 0 Å². The Morgan fingerprint density at radius 3 is 2.75 bits per heavy atom. The lowest BCUT2D eigenvalue weighted by Gasteiger charge is -2.05. The zero-order valence-electron chi connectivity index (χ0n) is 10.6. The number of hydrogen-bond acceptors (Lipinski definition) is 3. The van der Waals surface area contributed by atoms with Gasteiger partial charge in [-0.25, -0.2) is 0 Å². The van der Waals surface area contributed by atoms with Crippen molar-refractivity contribution in [2.75, 3.05) is 13.2 Å². The topological polar surface area (TPSA) is 34.4 Å². The van der Waals surface area contributed by atoms with Gasteiger partial charge in [-0.1, -0.05) is 20.8 Å². The first kappa shape index (κ1) is 13.3. The highest BCUT2D eigenvalue weighted by Gasteiger charge is 2.02. The van der Waals surface area contributed by atoms with Crippen LogP contribution in [0.1, 0.15) is 38.7 Å². The summed E-state index contributed by atoms with van der Waals surface area (Å²) in [6.07, 6.45) is 1.05. The molecule has 0 aliphatic rings. The molecular weight excluding hydrogens is 202 g/mol. The fourth-order valence-corrected chi connectivity index (χ4v) is 1.40. The predicted molar refractivity (Wildman–Crippen MR) is 65.2 cm³/mol. The summed E-state index contributed by atoms with van der Waals surface area (Å²) < 4.78 is 11.0. The van der Waals surface area contributed by atoms with Crippen molar-refractivity contribution in [3.63, 3.8) is 0 Å². The molecule has 16 heavy (non-hydrogen) atoms. The Hall–Kier alpha value is -0.800. The van der Waals surface area contributed by atoms with Crippen LogP contribution in [0, 0.1) is 5.92 Å². The average molecular weight is 225 g/mol. The van der Waals surface area contributed by atoms with Crippen LogP contribution in [-0.2, 0) is 17.9 Å². The van der Waals surface area contributed by atoms with Crippen molar-refractivity contribution in [1.29, 1.82) is 0 Å². The normalized spacial score (nSPS) is 11.2. The lowest BCUT2D eigenvalue weighted by molar-refractivity contribution is 0.106. The molecular formula is C13H23NO2. The van der Waals surface area contributed by atoms with Gasteiger partial charge in [0, 0.05) is 6.61 Å². The van der Waals surface area contributed by atoms with Crippen LogP contribution in [0.3, 0.4) is 0 Å². The third-order valence-corrected chi connectivity index (χ3v) is 2.16. The second-order valence-corrected chi connectivity index (χ2v) is 4.45. The largest absolute Gasteiger partial charge is 0.462 e. The maximum absolute atomic E-state index is 5.62. The third kappa shape index (κ3) is 5.33. The van der Waals surface area contributed by atoms with E-state index in [0.29, 0.717) is 12.5 Å². The molecule has 1 aromatic heterocycles. The Bertz CT molecular complexity index is 281. The molecule has 0 fully saturated rings. The van der Waals surface area contributed by atoms with Gasteiger partial charge in [0.15, 0.2) is 0 Å². The summed E-state index contributed by atoms with van der Waals surface area (Å²) in [5, 5.41) is 3.35. The minimum absolute atomic E-state index is 0.581. The quantitative estimate of drug-likeness (QED) is 0.691. The highest BCUT2D eigenvalue weighted by Crippen LogP contribution is 2.09. The number of nitrogens with one attached hydrogen (secondary N) is 1. The molecule has 0 saturated carbocycles. The molecule has 0 atom stereocenters. The molecule has 0 saturated heterocycles. The molecule has 0 aliphatic carbocycles. The fraction of sp³-hybridized carbons (Fsp3) is 0.692. The van der Waals surface area contributed by atoms with Crippen molar-refractivity contribution in [1.82, 2.24) is 5.32 Å². The molecule has 0 amide bonds. The standard InChI is InChI=1S/C13H23NO2/c1-4-7-15-10-13-6-5-12(16-13)9-14-8-11(2)3/h5-6,11,14H,4,7-10H2,1-3H3. The summed E-state index contributed by atoms with van der Waals surface area (Å²) >= 11 is 0. The summed E-state index contributed by atoms with van der Waals surface area (Å²) in [6.45, 7) is 9.68. The highest BCUT2D eigenvalue weighted by molar-refractivity contribution is 5.06. The van der Waals surface area contributed by atoms with Gasteiger partial charge < -0.3 is 14.5 Å². The van der Waals surface area contributed by atoms with Crippen molar-refractivity contribution in [2.24, 2.45) is 5.92 Å². The number of hydrogen-bond donors (Lipinski definition) is 1. The van der Waals surface area contributed by atoms with Crippen molar-refractivity contribution in [2.45, 2.75) is 40.3 Å². The Labute approximate surface area is 98.2 Å². The first-order valence-corrected chi connectivity index (χ1v) is 6.08. The average Bonchev–Trinajstić information content (AvgIpc) is 2.66. The lowest BCUT2D eigenvalue weighted by atomic mass is 10.2. The second-order valence-electron chi connectivity index (χ2n) is 4.45. The summed E-state index contributed by atoms with van der Waals surface area (Å²) in [5.74, 6) is 2.56. The van der Waals surface area contributed by atoms with Gasteiger partial charge >= 0.3 is 0 Å². The monoisotopic (exact) mass is 225 g/mol. The molecule has 1 rings (SSSR count). The summed E-state index contributed by atoms with van der Waals surface area (Å²) in [5.41, 5.74) is 0. The zero-order chi connectivity index (χ0) is 11.8. The number of furan rings is 1. The van der Waals surface area contributed by atoms with E-state index in [2.05, 4.69) is 26.1 Å². The molecule has 0 bridgehead atoms. The van der Waals surface area contributed by atoms with Gasteiger partial charge in [0.1, 0.15) is 18.1 Å². The maximum atomic E-state index is 5.62. The SMILES string of the molecule is CCCOCc1ccc(CNCC(C)C)o1.